The van der Waals surface area contributed by atoms with E-state index in [-0.39, 0.29) is 23.5 Å². The molecule has 0 aliphatic carbocycles. The van der Waals surface area contributed by atoms with E-state index in [1.54, 1.807) is 24.3 Å². The Morgan fingerprint density at radius 3 is 2.55 bits per heavy atom. The molecule has 2 saturated heterocycles. The largest absolute Gasteiger partial charge is 0.472 e. The molecular weight excluding hydrogens is 368 g/mol. The van der Waals surface area contributed by atoms with Crippen LogP contribution in [0, 0.1) is 0 Å². The molecule has 6 nitrogen and oxygen atoms in total. The fourth-order valence-electron chi connectivity index (χ4n) is 4.17. The molecule has 1 spiro atoms. The van der Waals surface area contributed by atoms with Crippen LogP contribution < -0.4 is 5.32 Å². The maximum Gasteiger partial charge on any atom is 0.257 e. The van der Waals surface area contributed by atoms with E-state index in [0.29, 0.717) is 30.8 Å². The predicted octanol–water partition coefficient (Wildman–Crippen LogP) is 3.51. The maximum atomic E-state index is 12.5. The number of amides is 2. The lowest BCUT2D eigenvalue weighted by atomic mass is 9.88. The number of nitrogens with one attached hydrogen (secondary N) is 1. The Balaban J connectivity index is 1.25. The van der Waals surface area contributed by atoms with Gasteiger partial charge in [0, 0.05) is 25.2 Å². The van der Waals surface area contributed by atoms with E-state index >= 15 is 0 Å². The number of rotatable bonds is 5. The summed E-state index contributed by atoms with van der Waals surface area (Å²) in [5.74, 6) is -0.0800. The molecule has 2 amide bonds. The minimum absolute atomic E-state index is 0.0119. The highest BCUT2D eigenvalue weighted by atomic mass is 16.5. The highest BCUT2D eigenvalue weighted by molar-refractivity contribution is 5.94. The Labute approximate surface area is 170 Å². The van der Waals surface area contributed by atoms with Crippen LogP contribution in [0.5, 0.6) is 0 Å². The van der Waals surface area contributed by atoms with Gasteiger partial charge in [-0.15, -0.1) is 0 Å². The summed E-state index contributed by atoms with van der Waals surface area (Å²) in [6.07, 6.45) is 8.31. The van der Waals surface area contributed by atoms with Crippen molar-refractivity contribution in [2.45, 2.75) is 37.4 Å². The fourth-order valence-corrected chi connectivity index (χ4v) is 4.17. The first-order valence-electron chi connectivity index (χ1n) is 10.1. The van der Waals surface area contributed by atoms with E-state index in [1.807, 2.05) is 17.0 Å². The van der Waals surface area contributed by atoms with Crippen molar-refractivity contribution in [3.05, 3.63) is 66.1 Å². The molecule has 1 unspecified atom stereocenters. The van der Waals surface area contributed by atoms with Gasteiger partial charge in [-0.3, -0.25) is 9.59 Å². The first-order valence-corrected chi connectivity index (χ1v) is 10.1. The van der Waals surface area contributed by atoms with Gasteiger partial charge >= 0.3 is 0 Å². The second-order valence-electron chi connectivity index (χ2n) is 7.80. The first kappa shape index (κ1) is 19.5. The van der Waals surface area contributed by atoms with Gasteiger partial charge in [0.2, 0.25) is 0 Å². The van der Waals surface area contributed by atoms with E-state index < -0.39 is 0 Å². The van der Waals surface area contributed by atoms with Gasteiger partial charge in [0.15, 0.2) is 0 Å². The number of benzene rings is 1. The molecule has 1 aromatic heterocycles. The molecule has 152 valence electrons. The third kappa shape index (κ3) is 4.27. The van der Waals surface area contributed by atoms with Crippen LogP contribution in [-0.4, -0.2) is 48.1 Å². The zero-order valence-electron chi connectivity index (χ0n) is 16.4. The van der Waals surface area contributed by atoms with Gasteiger partial charge in [-0.1, -0.05) is 24.8 Å². The van der Waals surface area contributed by atoms with Crippen LogP contribution in [-0.2, 0) is 4.74 Å². The summed E-state index contributed by atoms with van der Waals surface area (Å²) in [7, 11) is 0. The Morgan fingerprint density at radius 1 is 1.14 bits per heavy atom. The van der Waals surface area contributed by atoms with Crippen LogP contribution in [0.4, 0.5) is 0 Å². The Hall–Kier alpha value is -2.86. The van der Waals surface area contributed by atoms with Crippen LogP contribution in [0.15, 0.2) is 53.9 Å². The van der Waals surface area contributed by atoms with Crippen LogP contribution in [0.2, 0.25) is 0 Å². The van der Waals surface area contributed by atoms with Gasteiger partial charge in [0.25, 0.3) is 11.8 Å². The number of likely N-dealkylation sites (tertiary alicyclic amines) is 1. The average Bonchev–Trinajstić information content (AvgIpc) is 3.43. The van der Waals surface area contributed by atoms with Gasteiger partial charge in [0.05, 0.1) is 23.5 Å². The second kappa shape index (κ2) is 8.25. The van der Waals surface area contributed by atoms with Crippen LogP contribution >= 0.6 is 0 Å². The molecule has 2 aliphatic rings. The Bertz CT molecular complexity index is 865. The lowest BCUT2D eigenvalue weighted by molar-refractivity contribution is -0.0712. The van der Waals surface area contributed by atoms with E-state index in [2.05, 4.69) is 11.9 Å². The molecule has 0 bridgehead atoms. The molecular formula is C23H26N2O4. The van der Waals surface area contributed by atoms with Crippen LogP contribution in [0.25, 0.3) is 6.08 Å². The zero-order chi connectivity index (χ0) is 20.3. The molecule has 4 rings (SSSR count). The van der Waals surface area contributed by atoms with Gasteiger partial charge in [-0.2, -0.15) is 0 Å². The topological polar surface area (TPSA) is 71.8 Å². The zero-order valence-corrected chi connectivity index (χ0v) is 16.4. The monoisotopic (exact) mass is 394 g/mol. The predicted molar refractivity (Wildman–Crippen MR) is 110 cm³/mol. The van der Waals surface area contributed by atoms with Crippen LogP contribution in [0.3, 0.4) is 0 Å². The summed E-state index contributed by atoms with van der Waals surface area (Å²) < 4.78 is 11.4. The molecule has 0 saturated carbocycles. The number of carbonyl (C=O) groups is 2. The maximum absolute atomic E-state index is 12.5. The van der Waals surface area contributed by atoms with Crippen LogP contribution in [0.1, 0.15) is 52.0 Å². The quantitative estimate of drug-likeness (QED) is 0.842. The second-order valence-corrected chi connectivity index (χ2v) is 7.80. The molecule has 3 heterocycles. The lowest BCUT2D eigenvalue weighted by Gasteiger charge is -2.39. The minimum Gasteiger partial charge on any atom is -0.472 e. The molecule has 0 radical (unpaired) electrons. The molecule has 2 fully saturated rings. The third-order valence-corrected chi connectivity index (χ3v) is 5.97. The molecule has 1 N–H and O–H groups in total. The number of carbonyl (C=O) groups excluding carboxylic acids is 2. The highest BCUT2D eigenvalue weighted by Crippen LogP contribution is 2.39. The summed E-state index contributed by atoms with van der Waals surface area (Å²) in [6.45, 7) is 5.58. The van der Waals surface area contributed by atoms with Crippen molar-refractivity contribution in [3.63, 3.8) is 0 Å². The Morgan fingerprint density at radius 2 is 1.90 bits per heavy atom. The lowest BCUT2D eigenvalue weighted by Crippen LogP contribution is -2.47. The molecule has 2 aliphatic heterocycles. The van der Waals surface area contributed by atoms with Crippen molar-refractivity contribution in [1.82, 2.24) is 10.2 Å². The highest BCUT2D eigenvalue weighted by Gasteiger charge is 2.43. The van der Waals surface area contributed by atoms with Crippen molar-refractivity contribution in [2.75, 3.05) is 19.6 Å². The van der Waals surface area contributed by atoms with Crippen molar-refractivity contribution in [3.8, 4) is 0 Å². The van der Waals surface area contributed by atoms with Crippen molar-refractivity contribution in [2.24, 2.45) is 0 Å². The molecule has 6 heteroatoms. The smallest absolute Gasteiger partial charge is 0.257 e. The normalized spacial score (nSPS) is 20.6. The number of hydrogen-bond acceptors (Lipinski definition) is 4. The molecule has 29 heavy (non-hydrogen) atoms. The number of furan rings is 1. The summed E-state index contributed by atoms with van der Waals surface area (Å²) in [4.78, 5) is 26.7. The Kier molecular flexibility index (Phi) is 5.53. The summed E-state index contributed by atoms with van der Waals surface area (Å²) in [6, 6.07) is 9.05. The van der Waals surface area contributed by atoms with E-state index in [9.17, 15) is 9.59 Å². The SMILES string of the molecule is C=Cc1ccc(C(=O)NCC2CCC3(CCN(C(=O)c4ccoc4)CC3)O2)cc1. The van der Waals surface area contributed by atoms with Gasteiger partial charge in [-0.25, -0.2) is 0 Å². The summed E-state index contributed by atoms with van der Waals surface area (Å²) >= 11 is 0. The summed E-state index contributed by atoms with van der Waals surface area (Å²) in [5.41, 5.74) is 2.04. The van der Waals surface area contributed by atoms with E-state index in [0.717, 1.165) is 31.2 Å². The van der Waals surface area contributed by atoms with Crippen molar-refractivity contribution >= 4 is 17.9 Å². The number of ether oxygens (including phenoxy) is 1. The third-order valence-electron chi connectivity index (χ3n) is 5.97. The standard InChI is InChI=1S/C23H26N2O4/c1-2-17-3-5-18(6-4-17)21(26)24-15-20-7-9-23(29-20)10-12-25(13-11-23)22(27)19-8-14-28-16-19/h2-6,8,14,16,20H,1,7,9-13,15H2,(H,24,26). The van der Waals surface area contributed by atoms with Gasteiger partial charge in [-0.05, 0) is 49.4 Å². The number of hydrogen-bond donors (Lipinski definition) is 1. The number of piperidine rings is 1. The summed E-state index contributed by atoms with van der Waals surface area (Å²) in [5, 5.41) is 2.98. The average molecular weight is 394 g/mol. The van der Waals surface area contributed by atoms with Gasteiger partial charge in [0.1, 0.15) is 6.26 Å². The molecule has 1 aromatic carbocycles. The minimum atomic E-state index is -0.172. The first-order chi connectivity index (χ1) is 14.1. The molecule has 2 aromatic rings. The number of nitrogens with zero attached hydrogens (tertiary/aromatic N) is 1. The van der Waals surface area contributed by atoms with Crippen molar-refractivity contribution in [1.29, 1.82) is 0 Å². The van der Waals surface area contributed by atoms with E-state index in [4.69, 9.17) is 9.15 Å². The van der Waals surface area contributed by atoms with E-state index in [1.165, 1.54) is 12.5 Å². The van der Waals surface area contributed by atoms with Crippen molar-refractivity contribution < 1.29 is 18.7 Å². The van der Waals surface area contributed by atoms with Gasteiger partial charge < -0.3 is 19.4 Å². The fraction of sp³-hybridized carbons (Fsp3) is 0.391. The molecule has 1 atom stereocenters.